The van der Waals surface area contributed by atoms with Crippen molar-refractivity contribution in [3.8, 4) is 5.69 Å². The highest BCUT2D eigenvalue weighted by atomic mass is 16.5. The van der Waals surface area contributed by atoms with E-state index in [0.717, 1.165) is 5.69 Å². The molecule has 4 rings (SSSR count). The highest BCUT2D eigenvalue weighted by Crippen LogP contribution is 2.35. The lowest BCUT2D eigenvalue weighted by Crippen LogP contribution is -2.46. The Kier molecular flexibility index (Phi) is 3.38. The number of carbonyl (C=O) groups is 1. The third-order valence-electron chi connectivity index (χ3n) is 4.31. The first-order chi connectivity index (χ1) is 10.8. The maximum Gasteiger partial charge on any atom is 0.254 e. The Bertz CT molecular complexity index is 667. The molecule has 6 heteroatoms. The van der Waals surface area contributed by atoms with Crippen molar-refractivity contribution in [2.24, 2.45) is 5.92 Å². The summed E-state index contributed by atoms with van der Waals surface area (Å²) in [6.45, 7) is 2.00. The first kappa shape index (κ1) is 13.5. The summed E-state index contributed by atoms with van der Waals surface area (Å²) in [5, 5.41) is 7.77. The minimum atomic E-state index is 0.0657. The summed E-state index contributed by atoms with van der Waals surface area (Å²) in [5.74, 6) is 0.716. The van der Waals surface area contributed by atoms with E-state index in [2.05, 4.69) is 10.3 Å². The van der Waals surface area contributed by atoms with Crippen LogP contribution in [0.2, 0.25) is 0 Å². The molecule has 0 radical (unpaired) electrons. The summed E-state index contributed by atoms with van der Waals surface area (Å²) in [6, 6.07) is 7.50. The average molecular weight is 298 g/mol. The van der Waals surface area contributed by atoms with E-state index in [0.29, 0.717) is 31.2 Å². The summed E-state index contributed by atoms with van der Waals surface area (Å²) in [6.07, 6.45) is 6.07. The van der Waals surface area contributed by atoms with Crippen molar-refractivity contribution in [2.75, 3.05) is 19.7 Å². The van der Waals surface area contributed by atoms with Crippen molar-refractivity contribution >= 4 is 5.91 Å². The second-order valence-corrected chi connectivity index (χ2v) is 5.90. The zero-order valence-electron chi connectivity index (χ0n) is 12.3. The van der Waals surface area contributed by atoms with E-state index in [1.807, 2.05) is 29.2 Å². The molecule has 2 aromatic rings. The largest absolute Gasteiger partial charge is 0.374 e. The van der Waals surface area contributed by atoms with Gasteiger partial charge in [-0.2, -0.15) is 0 Å². The predicted octanol–water partition coefficient (Wildman–Crippen LogP) is 1.52. The van der Waals surface area contributed by atoms with Crippen LogP contribution in [-0.4, -0.2) is 51.6 Å². The van der Waals surface area contributed by atoms with Crippen LogP contribution in [0.5, 0.6) is 0 Å². The second kappa shape index (κ2) is 5.53. The molecular weight excluding hydrogens is 280 g/mol. The minimum Gasteiger partial charge on any atom is -0.374 e. The SMILES string of the molecule is O=C(c1cccc(-n2ccnn2)c1)N1CCOC(C2CC2)C1. The lowest BCUT2D eigenvalue weighted by Gasteiger charge is -2.33. The van der Waals surface area contributed by atoms with Crippen LogP contribution in [0.3, 0.4) is 0 Å². The molecule has 0 bridgehead atoms. The molecule has 114 valence electrons. The van der Waals surface area contributed by atoms with Crippen LogP contribution in [0.4, 0.5) is 0 Å². The number of hydrogen-bond donors (Lipinski definition) is 0. The van der Waals surface area contributed by atoms with Crippen molar-refractivity contribution in [2.45, 2.75) is 18.9 Å². The Labute approximate surface area is 128 Å². The monoisotopic (exact) mass is 298 g/mol. The fourth-order valence-electron chi connectivity index (χ4n) is 2.92. The van der Waals surface area contributed by atoms with E-state index in [9.17, 15) is 4.79 Å². The molecule has 1 aromatic heterocycles. The second-order valence-electron chi connectivity index (χ2n) is 5.90. The predicted molar refractivity (Wildman–Crippen MR) is 79.7 cm³/mol. The normalized spacial score (nSPS) is 21.8. The molecule has 2 fully saturated rings. The Morgan fingerprint density at radius 1 is 1.32 bits per heavy atom. The standard InChI is InChI=1S/C16H18N4O2/c21-16(19-8-9-22-15(11-19)12-4-5-12)13-2-1-3-14(10-13)20-7-6-17-18-20/h1-3,6-7,10,12,15H,4-5,8-9,11H2. The van der Waals surface area contributed by atoms with Crippen LogP contribution in [0.15, 0.2) is 36.7 Å². The van der Waals surface area contributed by atoms with Crippen molar-refractivity contribution in [3.63, 3.8) is 0 Å². The lowest BCUT2D eigenvalue weighted by molar-refractivity contribution is -0.0313. The minimum absolute atomic E-state index is 0.0657. The van der Waals surface area contributed by atoms with Crippen molar-refractivity contribution in [1.82, 2.24) is 19.9 Å². The van der Waals surface area contributed by atoms with Gasteiger partial charge in [0.2, 0.25) is 0 Å². The van der Waals surface area contributed by atoms with E-state index in [4.69, 9.17) is 4.74 Å². The highest BCUT2D eigenvalue weighted by Gasteiger charge is 2.36. The van der Waals surface area contributed by atoms with Crippen LogP contribution in [0.25, 0.3) is 5.69 Å². The molecule has 1 aliphatic heterocycles. The van der Waals surface area contributed by atoms with E-state index >= 15 is 0 Å². The van der Waals surface area contributed by atoms with Crippen LogP contribution in [0, 0.1) is 5.92 Å². The Balaban J connectivity index is 1.53. The summed E-state index contributed by atoms with van der Waals surface area (Å²) in [7, 11) is 0. The van der Waals surface area contributed by atoms with Gasteiger partial charge in [-0.1, -0.05) is 11.3 Å². The Morgan fingerprint density at radius 2 is 2.23 bits per heavy atom. The molecule has 6 nitrogen and oxygen atoms in total. The highest BCUT2D eigenvalue weighted by molar-refractivity contribution is 5.94. The molecule has 1 amide bonds. The number of benzene rings is 1. The van der Waals surface area contributed by atoms with Crippen LogP contribution in [-0.2, 0) is 4.74 Å². The van der Waals surface area contributed by atoms with Gasteiger partial charge in [0, 0.05) is 18.7 Å². The van der Waals surface area contributed by atoms with E-state index < -0.39 is 0 Å². The maximum atomic E-state index is 12.7. The molecule has 1 atom stereocenters. The molecule has 2 aliphatic rings. The van der Waals surface area contributed by atoms with Crippen molar-refractivity contribution < 1.29 is 9.53 Å². The first-order valence-corrected chi connectivity index (χ1v) is 7.69. The molecule has 1 aromatic carbocycles. The van der Waals surface area contributed by atoms with Gasteiger partial charge in [-0.3, -0.25) is 4.79 Å². The fourth-order valence-corrected chi connectivity index (χ4v) is 2.92. The number of hydrogen-bond acceptors (Lipinski definition) is 4. The number of amides is 1. The molecule has 22 heavy (non-hydrogen) atoms. The molecule has 0 spiro atoms. The number of rotatable bonds is 3. The van der Waals surface area contributed by atoms with E-state index in [-0.39, 0.29) is 12.0 Å². The quantitative estimate of drug-likeness (QED) is 0.862. The smallest absolute Gasteiger partial charge is 0.254 e. The topological polar surface area (TPSA) is 60.2 Å². The molecular formula is C16H18N4O2. The average Bonchev–Trinajstić information content (AvgIpc) is 3.29. The van der Waals surface area contributed by atoms with E-state index in [1.165, 1.54) is 12.8 Å². The third kappa shape index (κ3) is 2.62. The Hall–Kier alpha value is -2.21. The number of nitrogens with zero attached hydrogens (tertiary/aromatic N) is 4. The molecule has 1 unspecified atom stereocenters. The number of ether oxygens (including phenoxy) is 1. The third-order valence-corrected chi connectivity index (χ3v) is 4.31. The maximum absolute atomic E-state index is 12.7. The summed E-state index contributed by atoms with van der Waals surface area (Å²) in [5.41, 5.74) is 1.53. The zero-order chi connectivity index (χ0) is 14.9. The Morgan fingerprint density at radius 3 is 3.00 bits per heavy atom. The first-order valence-electron chi connectivity index (χ1n) is 7.69. The van der Waals surface area contributed by atoms with Gasteiger partial charge in [0.1, 0.15) is 0 Å². The van der Waals surface area contributed by atoms with E-state index in [1.54, 1.807) is 17.1 Å². The summed E-state index contributed by atoms with van der Waals surface area (Å²) >= 11 is 0. The molecule has 1 aliphatic carbocycles. The molecule has 0 N–H and O–H groups in total. The summed E-state index contributed by atoms with van der Waals surface area (Å²) in [4.78, 5) is 14.6. The van der Waals surface area contributed by atoms with Crippen LogP contribution in [0.1, 0.15) is 23.2 Å². The number of morpholine rings is 1. The molecule has 1 saturated carbocycles. The van der Waals surface area contributed by atoms with Crippen molar-refractivity contribution in [3.05, 3.63) is 42.2 Å². The number of carbonyl (C=O) groups excluding carboxylic acids is 1. The van der Waals surface area contributed by atoms with Gasteiger partial charge in [-0.05, 0) is 37.0 Å². The number of aromatic nitrogens is 3. The van der Waals surface area contributed by atoms with Crippen molar-refractivity contribution in [1.29, 1.82) is 0 Å². The fraction of sp³-hybridized carbons (Fsp3) is 0.438. The van der Waals surface area contributed by atoms with Gasteiger partial charge >= 0.3 is 0 Å². The van der Waals surface area contributed by atoms with Crippen LogP contribution < -0.4 is 0 Å². The van der Waals surface area contributed by atoms with Gasteiger partial charge in [0.15, 0.2) is 0 Å². The van der Waals surface area contributed by atoms with Gasteiger partial charge in [-0.15, -0.1) is 5.10 Å². The van der Waals surface area contributed by atoms with Gasteiger partial charge < -0.3 is 9.64 Å². The zero-order valence-corrected chi connectivity index (χ0v) is 12.3. The molecule has 1 saturated heterocycles. The lowest BCUT2D eigenvalue weighted by atomic mass is 10.1. The van der Waals surface area contributed by atoms with Gasteiger partial charge in [0.25, 0.3) is 5.91 Å². The van der Waals surface area contributed by atoms with Gasteiger partial charge in [-0.25, -0.2) is 4.68 Å². The summed E-state index contributed by atoms with van der Waals surface area (Å²) < 4.78 is 7.44. The van der Waals surface area contributed by atoms with Gasteiger partial charge in [0.05, 0.1) is 30.8 Å². The molecule has 2 heterocycles. The van der Waals surface area contributed by atoms with Crippen LogP contribution >= 0.6 is 0 Å².